The van der Waals surface area contributed by atoms with Gasteiger partial charge in [0.25, 0.3) is 0 Å². The lowest BCUT2D eigenvalue weighted by Crippen LogP contribution is -2.43. The summed E-state index contributed by atoms with van der Waals surface area (Å²) in [7, 11) is -3.62. The van der Waals surface area contributed by atoms with Crippen molar-refractivity contribution >= 4 is 10.0 Å². The van der Waals surface area contributed by atoms with E-state index in [0.29, 0.717) is 24.4 Å². The number of aromatic nitrogens is 2. The van der Waals surface area contributed by atoms with E-state index in [9.17, 15) is 8.42 Å². The molecule has 1 N–H and O–H groups in total. The second-order valence-corrected chi connectivity index (χ2v) is 6.35. The fraction of sp³-hybridized carbons (Fsp3) is 0.636. The summed E-state index contributed by atoms with van der Waals surface area (Å²) in [4.78, 5) is 0.213. The Morgan fingerprint density at radius 1 is 1.44 bits per heavy atom. The predicted octanol–water partition coefficient (Wildman–Crippen LogP) is 1.09. The molecule has 1 fully saturated rings. The fourth-order valence-electron chi connectivity index (χ4n) is 2.36. The smallest absolute Gasteiger partial charge is 0.247 e. The molecule has 1 saturated heterocycles. The van der Waals surface area contributed by atoms with Gasteiger partial charge in [-0.1, -0.05) is 0 Å². The van der Waals surface area contributed by atoms with Gasteiger partial charge in [-0.05, 0) is 33.1 Å². The van der Waals surface area contributed by atoms with Crippen molar-refractivity contribution in [2.75, 3.05) is 6.54 Å². The number of rotatable bonds is 2. The number of nitrogens with zero attached hydrogens (tertiary/aromatic N) is 3. The minimum atomic E-state index is -3.62. The molecule has 98 valence electrons. The lowest BCUT2D eigenvalue weighted by molar-refractivity contribution is 0.297. The molecular formula is C11H16N4O2S. The van der Waals surface area contributed by atoms with Gasteiger partial charge in [0.1, 0.15) is 10.9 Å². The zero-order valence-electron chi connectivity index (χ0n) is 10.5. The van der Waals surface area contributed by atoms with Crippen molar-refractivity contribution in [1.82, 2.24) is 14.5 Å². The first-order valence-electron chi connectivity index (χ1n) is 5.91. The van der Waals surface area contributed by atoms with Crippen molar-refractivity contribution in [2.45, 2.75) is 44.0 Å². The molecule has 7 heteroatoms. The van der Waals surface area contributed by atoms with Crippen LogP contribution in [-0.2, 0) is 10.0 Å². The third-order valence-corrected chi connectivity index (χ3v) is 5.40. The number of piperidine rings is 1. The van der Waals surface area contributed by atoms with Gasteiger partial charge in [0, 0.05) is 6.54 Å². The van der Waals surface area contributed by atoms with Crippen molar-refractivity contribution in [2.24, 2.45) is 0 Å². The van der Waals surface area contributed by atoms with Crippen LogP contribution in [0.4, 0.5) is 0 Å². The normalized spacial score (nSPS) is 21.7. The molecule has 1 aliphatic heterocycles. The third-order valence-electron chi connectivity index (χ3n) is 3.23. The Kier molecular flexibility index (Phi) is 3.41. The Morgan fingerprint density at radius 3 is 2.72 bits per heavy atom. The van der Waals surface area contributed by atoms with E-state index in [-0.39, 0.29) is 4.90 Å². The molecule has 2 heterocycles. The first-order valence-corrected chi connectivity index (χ1v) is 7.35. The van der Waals surface area contributed by atoms with Crippen LogP contribution in [0.25, 0.3) is 0 Å². The minimum absolute atomic E-state index is 0.213. The number of nitriles is 1. The van der Waals surface area contributed by atoms with Gasteiger partial charge >= 0.3 is 0 Å². The number of sulfonamides is 1. The third kappa shape index (κ3) is 2.02. The van der Waals surface area contributed by atoms with E-state index in [4.69, 9.17) is 5.26 Å². The van der Waals surface area contributed by atoms with E-state index in [1.54, 1.807) is 13.8 Å². The summed E-state index contributed by atoms with van der Waals surface area (Å²) < 4.78 is 26.5. The van der Waals surface area contributed by atoms with E-state index < -0.39 is 16.1 Å². The lowest BCUT2D eigenvalue weighted by Gasteiger charge is -2.30. The Balaban J connectivity index is 2.46. The van der Waals surface area contributed by atoms with Crippen LogP contribution >= 0.6 is 0 Å². The highest BCUT2D eigenvalue weighted by Gasteiger charge is 2.36. The second-order valence-electron chi connectivity index (χ2n) is 4.52. The molecule has 2 rings (SSSR count). The largest absolute Gasteiger partial charge is 0.281 e. The number of aryl methyl sites for hydroxylation is 2. The van der Waals surface area contributed by atoms with Crippen LogP contribution in [0.1, 0.15) is 30.7 Å². The molecule has 1 atom stereocenters. The highest BCUT2D eigenvalue weighted by Crippen LogP contribution is 2.27. The molecule has 1 aromatic rings. The Bertz CT molecular complexity index is 565. The zero-order valence-corrected chi connectivity index (χ0v) is 11.3. The molecule has 0 aliphatic carbocycles. The summed E-state index contributed by atoms with van der Waals surface area (Å²) in [6.45, 7) is 3.74. The predicted molar refractivity (Wildman–Crippen MR) is 65.2 cm³/mol. The molecule has 0 saturated carbocycles. The fourth-order valence-corrected chi connectivity index (χ4v) is 4.30. The molecule has 1 unspecified atom stereocenters. The van der Waals surface area contributed by atoms with Crippen LogP contribution in [0.2, 0.25) is 0 Å². The Morgan fingerprint density at radius 2 is 2.17 bits per heavy atom. The molecule has 0 bridgehead atoms. The number of aromatic amines is 1. The maximum atomic E-state index is 12.6. The monoisotopic (exact) mass is 268 g/mol. The quantitative estimate of drug-likeness (QED) is 0.869. The summed E-state index contributed by atoms with van der Waals surface area (Å²) in [5.41, 5.74) is 0.976. The van der Waals surface area contributed by atoms with Crippen molar-refractivity contribution < 1.29 is 8.42 Å². The standard InChI is InChI=1S/C11H16N4O2S/c1-8-11(9(2)14-13-8)18(16,17)15-6-4-3-5-10(15)7-12/h10H,3-6H2,1-2H3,(H,13,14). The first kappa shape index (κ1) is 13.1. The van der Waals surface area contributed by atoms with Crippen LogP contribution in [0, 0.1) is 25.2 Å². The summed E-state index contributed by atoms with van der Waals surface area (Å²) in [5, 5.41) is 15.7. The van der Waals surface area contributed by atoms with Gasteiger partial charge in [-0.15, -0.1) is 0 Å². The van der Waals surface area contributed by atoms with Gasteiger partial charge in [-0.2, -0.15) is 14.7 Å². The van der Waals surface area contributed by atoms with E-state index in [1.807, 2.05) is 0 Å². The van der Waals surface area contributed by atoms with Gasteiger partial charge in [0.05, 0.1) is 17.5 Å². The van der Waals surface area contributed by atoms with E-state index in [0.717, 1.165) is 12.8 Å². The van der Waals surface area contributed by atoms with Crippen molar-refractivity contribution in [3.05, 3.63) is 11.4 Å². The van der Waals surface area contributed by atoms with Gasteiger partial charge in [-0.3, -0.25) is 5.10 Å². The second kappa shape index (κ2) is 4.71. The summed E-state index contributed by atoms with van der Waals surface area (Å²) in [6.07, 6.45) is 2.30. The van der Waals surface area contributed by atoms with E-state index in [2.05, 4.69) is 16.3 Å². The van der Waals surface area contributed by atoms with Crippen LogP contribution in [-0.4, -0.2) is 35.5 Å². The minimum Gasteiger partial charge on any atom is -0.281 e. The van der Waals surface area contributed by atoms with Crippen LogP contribution < -0.4 is 0 Å². The van der Waals surface area contributed by atoms with Gasteiger partial charge in [-0.25, -0.2) is 8.42 Å². The van der Waals surface area contributed by atoms with Crippen molar-refractivity contribution in [3.63, 3.8) is 0 Å². The van der Waals surface area contributed by atoms with Crippen molar-refractivity contribution in [3.8, 4) is 6.07 Å². The number of H-pyrrole nitrogens is 1. The molecule has 0 radical (unpaired) electrons. The maximum absolute atomic E-state index is 12.6. The molecule has 1 aromatic heterocycles. The van der Waals surface area contributed by atoms with Gasteiger partial charge in [0.2, 0.25) is 10.0 Å². The number of hydrogen-bond acceptors (Lipinski definition) is 4. The molecule has 0 aromatic carbocycles. The summed E-state index contributed by atoms with van der Waals surface area (Å²) in [6, 6.07) is 1.52. The van der Waals surface area contributed by atoms with Crippen LogP contribution in [0.15, 0.2) is 4.90 Å². The number of hydrogen-bond donors (Lipinski definition) is 1. The Labute approximate surface area is 107 Å². The maximum Gasteiger partial charge on any atom is 0.247 e. The average molecular weight is 268 g/mol. The summed E-state index contributed by atoms with van der Waals surface area (Å²) >= 11 is 0. The van der Waals surface area contributed by atoms with Crippen LogP contribution in [0.3, 0.4) is 0 Å². The molecule has 0 amide bonds. The van der Waals surface area contributed by atoms with Crippen LogP contribution in [0.5, 0.6) is 0 Å². The SMILES string of the molecule is Cc1n[nH]c(C)c1S(=O)(=O)N1CCCCC1C#N. The average Bonchev–Trinajstić information content (AvgIpc) is 2.69. The van der Waals surface area contributed by atoms with Gasteiger partial charge in [0.15, 0.2) is 0 Å². The van der Waals surface area contributed by atoms with Gasteiger partial charge < -0.3 is 0 Å². The topological polar surface area (TPSA) is 89.8 Å². The van der Waals surface area contributed by atoms with E-state index in [1.165, 1.54) is 4.31 Å². The molecular weight excluding hydrogens is 252 g/mol. The van der Waals surface area contributed by atoms with E-state index >= 15 is 0 Å². The zero-order chi connectivity index (χ0) is 13.3. The Hall–Kier alpha value is -1.39. The highest BCUT2D eigenvalue weighted by atomic mass is 32.2. The lowest BCUT2D eigenvalue weighted by atomic mass is 10.1. The molecule has 6 nitrogen and oxygen atoms in total. The molecule has 18 heavy (non-hydrogen) atoms. The highest BCUT2D eigenvalue weighted by molar-refractivity contribution is 7.89. The number of nitrogens with one attached hydrogen (secondary N) is 1. The van der Waals surface area contributed by atoms with Crippen molar-refractivity contribution in [1.29, 1.82) is 5.26 Å². The summed E-state index contributed by atoms with van der Waals surface area (Å²) in [5.74, 6) is 0. The molecule has 1 aliphatic rings. The molecule has 0 spiro atoms. The first-order chi connectivity index (χ1) is 8.48.